The molecule has 0 saturated carbocycles. The van der Waals surface area contributed by atoms with Crippen LogP contribution in [0.5, 0.6) is 17.2 Å². The third-order valence-electron chi connectivity index (χ3n) is 4.98. The van der Waals surface area contributed by atoms with E-state index in [1.165, 1.54) is 5.56 Å². The van der Waals surface area contributed by atoms with Crippen molar-refractivity contribution in [3.63, 3.8) is 0 Å². The van der Waals surface area contributed by atoms with Gasteiger partial charge in [-0.15, -0.1) is 0 Å². The van der Waals surface area contributed by atoms with Gasteiger partial charge < -0.3 is 24.6 Å². The summed E-state index contributed by atoms with van der Waals surface area (Å²) in [6.07, 6.45) is 0.915. The summed E-state index contributed by atoms with van der Waals surface area (Å²) in [7, 11) is 3.30. The van der Waals surface area contributed by atoms with Crippen molar-refractivity contribution >= 4 is 28.7 Å². The predicted molar refractivity (Wildman–Crippen MR) is 112 cm³/mol. The maximum Gasteiger partial charge on any atom is 0.290 e. The van der Waals surface area contributed by atoms with Crippen LogP contribution in [0.2, 0.25) is 0 Å². The van der Waals surface area contributed by atoms with Gasteiger partial charge in [-0.2, -0.15) is 0 Å². The Morgan fingerprint density at radius 1 is 1.10 bits per heavy atom. The molecule has 4 rings (SSSR count). The number of carbonyl (C=O) groups is 1. The van der Waals surface area contributed by atoms with Crippen LogP contribution in [0.25, 0.3) is 10.9 Å². The Labute approximate surface area is 169 Å². The van der Waals surface area contributed by atoms with Crippen LogP contribution in [-0.4, -0.2) is 42.4 Å². The third kappa shape index (κ3) is 3.76. The van der Waals surface area contributed by atoms with Crippen LogP contribution in [0.3, 0.4) is 0 Å². The van der Waals surface area contributed by atoms with Crippen molar-refractivity contribution < 1.29 is 24.5 Å². The molecule has 1 aliphatic heterocycles. The lowest BCUT2D eigenvalue weighted by Crippen LogP contribution is -2.14. The van der Waals surface area contributed by atoms with Crippen molar-refractivity contribution in [1.29, 1.82) is 0 Å². The van der Waals surface area contributed by atoms with Crippen LogP contribution < -0.4 is 14.4 Å². The maximum absolute atomic E-state index is 10.1. The quantitative estimate of drug-likeness (QED) is 0.647. The van der Waals surface area contributed by atoms with Crippen LogP contribution in [0.15, 0.2) is 30.3 Å². The molecule has 0 unspecified atom stereocenters. The van der Waals surface area contributed by atoms with Crippen molar-refractivity contribution in [3.8, 4) is 17.2 Å². The summed E-state index contributed by atoms with van der Waals surface area (Å²) in [5, 5.41) is 17.9. The van der Waals surface area contributed by atoms with Gasteiger partial charge in [0.1, 0.15) is 22.8 Å². The number of phenolic OH excluding ortho intramolecular Hbond substituents is 1. The fourth-order valence-corrected chi connectivity index (χ4v) is 3.82. The van der Waals surface area contributed by atoms with E-state index in [1.807, 2.05) is 26.0 Å². The molecule has 7 heteroatoms. The summed E-state index contributed by atoms with van der Waals surface area (Å²) in [6, 6.07) is 9.54. The van der Waals surface area contributed by atoms with E-state index in [-0.39, 0.29) is 12.2 Å². The number of anilines is 2. The normalized spacial score (nSPS) is 12.2. The fraction of sp³-hybridized carbons (Fsp3) is 0.273. The molecule has 152 valence electrons. The van der Waals surface area contributed by atoms with Gasteiger partial charge in [0.2, 0.25) is 0 Å². The van der Waals surface area contributed by atoms with Crippen LogP contribution >= 0.6 is 0 Å². The van der Waals surface area contributed by atoms with Gasteiger partial charge in [-0.25, -0.2) is 4.98 Å². The summed E-state index contributed by atoms with van der Waals surface area (Å²) in [4.78, 5) is 15.4. The molecule has 7 nitrogen and oxygen atoms in total. The Bertz CT molecular complexity index is 1040. The lowest BCUT2D eigenvalue weighted by molar-refractivity contribution is -0.122. The Balaban J connectivity index is 0.000000755. The van der Waals surface area contributed by atoms with Crippen molar-refractivity contribution in [2.45, 2.75) is 20.3 Å². The number of fused-ring (bicyclic) bond motifs is 3. The number of benzene rings is 2. The monoisotopic (exact) mass is 396 g/mol. The highest BCUT2D eigenvalue weighted by atomic mass is 16.5. The Kier molecular flexibility index (Phi) is 5.77. The molecule has 0 fully saturated rings. The topological polar surface area (TPSA) is 92.1 Å². The van der Waals surface area contributed by atoms with E-state index >= 15 is 0 Å². The molecule has 2 aromatic carbocycles. The molecule has 0 atom stereocenters. The van der Waals surface area contributed by atoms with Crippen molar-refractivity contribution in [2.75, 3.05) is 25.7 Å². The molecule has 0 bridgehead atoms. The number of hydrogen-bond donors (Lipinski definition) is 2. The first-order chi connectivity index (χ1) is 13.9. The molecule has 2 heterocycles. The summed E-state index contributed by atoms with van der Waals surface area (Å²) >= 11 is 0. The number of aromatic nitrogens is 1. The molecule has 0 aliphatic carbocycles. The van der Waals surface area contributed by atoms with Crippen LogP contribution in [0.1, 0.15) is 16.8 Å². The molecule has 0 radical (unpaired) electrons. The first-order valence-electron chi connectivity index (χ1n) is 9.14. The lowest BCUT2D eigenvalue weighted by atomic mass is 10.0. The number of rotatable bonds is 3. The standard InChI is InChI=1S/C21H22N2O3.CH2O2/c1-12-7-14(9-15(24)8-12)23-6-5-17-13(2)22-20-18(21(17)23)10-16(25-3)11-19(20)26-4;2-1-3/h7-11,24H,5-6H2,1-4H3;1H,(H,2,3). The van der Waals surface area contributed by atoms with Gasteiger partial charge in [-0.05, 0) is 49.6 Å². The predicted octanol–water partition coefficient (Wildman–Crippen LogP) is 3.97. The summed E-state index contributed by atoms with van der Waals surface area (Å²) < 4.78 is 11.0. The zero-order valence-electron chi connectivity index (χ0n) is 16.9. The second-order valence-corrected chi connectivity index (χ2v) is 6.78. The van der Waals surface area contributed by atoms with Gasteiger partial charge >= 0.3 is 0 Å². The number of hydrogen-bond acceptors (Lipinski definition) is 6. The highest BCUT2D eigenvalue weighted by Crippen LogP contribution is 2.45. The average Bonchev–Trinajstić information content (AvgIpc) is 3.13. The highest BCUT2D eigenvalue weighted by molar-refractivity contribution is 6.01. The summed E-state index contributed by atoms with van der Waals surface area (Å²) in [5.74, 6) is 1.71. The van der Waals surface area contributed by atoms with Crippen molar-refractivity contribution in [2.24, 2.45) is 0 Å². The summed E-state index contributed by atoms with van der Waals surface area (Å²) in [6.45, 7) is 4.63. The molecule has 1 aromatic heterocycles. The van der Waals surface area contributed by atoms with Crippen molar-refractivity contribution in [1.82, 2.24) is 4.98 Å². The SMILES string of the molecule is COc1cc(OC)c2nc(C)c3c(c2c1)N(c1cc(C)cc(O)c1)CC3.O=CO. The van der Waals surface area contributed by atoms with Crippen LogP contribution in [0, 0.1) is 13.8 Å². The number of carboxylic acid groups (broad SMARTS) is 1. The van der Waals surface area contributed by atoms with Crippen LogP contribution in [-0.2, 0) is 11.2 Å². The second-order valence-electron chi connectivity index (χ2n) is 6.78. The first kappa shape index (κ1) is 20.3. The number of ether oxygens (including phenoxy) is 2. The smallest absolute Gasteiger partial charge is 0.290 e. The number of nitrogens with zero attached hydrogens (tertiary/aromatic N) is 2. The molecule has 2 N–H and O–H groups in total. The lowest BCUT2D eigenvalue weighted by Gasteiger charge is -2.23. The number of pyridine rings is 1. The highest BCUT2D eigenvalue weighted by Gasteiger charge is 2.27. The number of phenols is 1. The first-order valence-corrected chi connectivity index (χ1v) is 9.14. The van der Waals surface area contributed by atoms with E-state index < -0.39 is 0 Å². The Hall–Kier alpha value is -3.48. The van der Waals surface area contributed by atoms with Gasteiger partial charge in [0.25, 0.3) is 6.47 Å². The van der Waals surface area contributed by atoms with Gasteiger partial charge in [0.15, 0.2) is 0 Å². The van der Waals surface area contributed by atoms with Crippen LogP contribution in [0.4, 0.5) is 11.4 Å². The minimum absolute atomic E-state index is 0.250. The minimum Gasteiger partial charge on any atom is -0.508 e. The minimum atomic E-state index is -0.250. The second kappa shape index (κ2) is 8.26. The molecule has 0 spiro atoms. The third-order valence-corrected chi connectivity index (χ3v) is 4.98. The molecule has 0 saturated heterocycles. The van der Waals surface area contributed by atoms with Gasteiger partial charge in [0, 0.05) is 35.4 Å². The zero-order valence-corrected chi connectivity index (χ0v) is 16.9. The fourth-order valence-electron chi connectivity index (χ4n) is 3.82. The van der Waals surface area contributed by atoms with Gasteiger partial charge in [0.05, 0.1) is 19.9 Å². The van der Waals surface area contributed by atoms with Crippen molar-refractivity contribution in [3.05, 3.63) is 47.2 Å². The summed E-state index contributed by atoms with van der Waals surface area (Å²) in [5.41, 5.74) is 6.20. The largest absolute Gasteiger partial charge is 0.508 e. The van der Waals surface area contributed by atoms with Gasteiger partial charge in [-0.3, -0.25) is 4.79 Å². The van der Waals surface area contributed by atoms with E-state index in [0.717, 1.165) is 52.3 Å². The van der Waals surface area contributed by atoms with E-state index in [1.54, 1.807) is 26.4 Å². The molecular formula is C22H24N2O5. The number of aryl methyl sites for hydroxylation is 2. The number of aromatic hydroxyl groups is 1. The molecule has 1 aliphatic rings. The Morgan fingerprint density at radius 3 is 2.45 bits per heavy atom. The van der Waals surface area contributed by atoms with E-state index in [4.69, 9.17) is 24.4 Å². The molecule has 3 aromatic rings. The van der Waals surface area contributed by atoms with Gasteiger partial charge in [-0.1, -0.05) is 0 Å². The van der Waals surface area contributed by atoms with E-state index in [9.17, 15) is 5.11 Å². The molecule has 0 amide bonds. The Morgan fingerprint density at radius 2 is 1.83 bits per heavy atom. The maximum atomic E-state index is 10.1. The number of methoxy groups -OCH3 is 2. The average molecular weight is 396 g/mol. The zero-order chi connectivity index (χ0) is 21.1. The van der Waals surface area contributed by atoms with E-state index in [2.05, 4.69) is 11.0 Å². The molecule has 29 heavy (non-hydrogen) atoms. The molecular weight excluding hydrogens is 372 g/mol. The van der Waals surface area contributed by atoms with E-state index in [0.29, 0.717) is 5.75 Å².